The maximum atomic E-state index is 6.16. The quantitative estimate of drug-likeness (QED) is 0.793. The van der Waals surface area contributed by atoms with Crippen LogP contribution >= 0.6 is 27.5 Å². The maximum Gasteiger partial charge on any atom is 0.138 e. The molecule has 0 saturated heterocycles. The lowest BCUT2D eigenvalue weighted by Gasteiger charge is -2.15. The van der Waals surface area contributed by atoms with Crippen LogP contribution in [0.1, 0.15) is 30.9 Å². The van der Waals surface area contributed by atoms with Crippen molar-refractivity contribution in [3.63, 3.8) is 0 Å². The summed E-state index contributed by atoms with van der Waals surface area (Å²) in [5.74, 6) is 1.00. The Kier molecular flexibility index (Phi) is 4.42. The molecule has 3 nitrogen and oxygen atoms in total. The third-order valence-corrected chi connectivity index (χ3v) is 4.21. The van der Waals surface area contributed by atoms with Crippen molar-refractivity contribution in [2.45, 2.75) is 26.7 Å². The Morgan fingerprint density at radius 1 is 1.26 bits per heavy atom. The number of nitrogens with one attached hydrogen (secondary N) is 1. The molecule has 0 aliphatic carbocycles. The van der Waals surface area contributed by atoms with Gasteiger partial charge in [0.1, 0.15) is 17.3 Å². The number of benzene rings is 1. The van der Waals surface area contributed by atoms with Crippen LogP contribution in [0.3, 0.4) is 0 Å². The van der Waals surface area contributed by atoms with Gasteiger partial charge in [0.25, 0.3) is 0 Å². The van der Waals surface area contributed by atoms with Gasteiger partial charge < -0.3 is 5.32 Å². The molecule has 1 aromatic heterocycles. The summed E-state index contributed by atoms with van der Waals surface area (Å²) >= 11 is 9.74. The van der Waals surface area contributed by atoms with E-state index < -0.39 is 0 Å². The van der Waals surface area contributed by atoms with E-state index in [1.807, 2.05) is 25.1 Å². The highest BCUT2D eigenvalue weighted by Gasteiger charge is 2.14. The molecule has 2 rings (SSSR count). The maximum absolute atomic E-state index is 6.16. The van der Waals surface area contributed by atoms with Crippen molar-refractivity contribution in [3.05, 3.63) is 45.3 Å². The molecule has 0 spiro atoms. The minimum Gasteiger partial charge on any atom is -0.339 e. The van der Waals surface area contributed by atoms with Gasteiger partial charge in [-0.3, -0.25) is 0 Å². The molecule has 100 valence electrons. The monoisotopic (exact) mass is 339 g/mol. The fourth-order valence-corrected chi connectivity index (χ4v) is 2.57. The summed E-state index contributed by atoms with van der Waals surface area (Å²) in [4.78, 5) is 8.34. The molecule has 2 aromatic rings. The number of hydrogen-bond acceptors (Lipinski definition) is 3. The van der Waals surface area contributed by atoms with Crippen molar-refractivity contribution in [2.75, 3.05) is 5.32 Å². The third kappa shape index (κ3) is 3.07. The van der Waals surface area contributed by atoms with E-state index >= 15 is 0 Å². The fraction of sp³-hybridized carbons (Fsp3) is 0.286. The Labute approximate surface area is 126 Å². The van der Waals surface area contributed by atoms with E-state index in [0.29, 0.717) is 5.15 Å². The molecular weight excluding hydrogens is 326 g/mol. The number of anilines is 2. The molecule has 0 unspecified atom stereocenters. The van der Waals surface area contributed by atoms with Crippen molar-refractivity contribution in [2.24, 2.45) is 0 Å². The average molecular weight is 341 g/mol. The van der Waals surface area contributed by atoms with Gasteiger partial charge in [-0.2, -0.15) is 0 Å². The van der Waals surface area contributed by atoms with Crippen LogP contribution in [-0.2, 0) is 0 Å². The molecule has 0 fully saturated rings. The van der Waals surface area contributed by atoms with Crippen LogP contribution in [0, 0.1) is 6.92 Å². The summed E-state index contributed by atoms with van der Waals surface area (Å²) in [7, 11) is 0. The summed E-state index contributed by atoms with van der Waals surface area (Å²) < 4.78 is 1.03. The Morgan fingerprint density at radius 2 is 2.00 bits per heavy atom. The topological polar surface area (TPSA) is 37.8 Å². The van der Waals surface area contributed by atoms with E-state index in [0.717, 1.165) is 27.1 Å². The van der Waals surface area contributed by atoms with E-state index in [2.05, 4.69) is 45.1 Å². The van der Waals surface area contributed by atoms with E-state index in [-0.39, 0.29) is 5.92 Å². The van der Waals surface area contributed by atoms with Gasteiger partial charge in [-0.05, 0) is 40.4 Å². The second kappa shape index (κ2) is 5.88. The Hall–Kier alpha value is -1.13. The first-order chi connectivity index (χ1) is 9.00. The molecule has 1 aromatic carbocycles. The van der Waals surface area contributed by atoms with Crippen molar-refractivity contribution in [3.8, 4) is 0 Å². The van der Waals surface area contributed by atoms with Crippen LogP contribution in [0.5, 0.6) is 0 Å². The van der Waals surface area contributed by atoms with Gasteiger partial charge in [0.2, 0.25) is 0 Å². The zero-order chi connectivity index (χ0) is 14.0. The lowest BCUT2D eigenvalue weighted by Crippen LogP contribution is -2.03. The molecule has 19 heavy (non-hydrogen) atoms. The van der Waals surface area contributed by atoms with Crippen molar-refractivity contribution < 1.29 is 0 Å². The largest absolute Gasteiger partial charge is 0.339 e. The van der Waals surface area contributed by atoms with E-state index in [1.54, 1.807) is 0 Å². The van der Waals surface area contributed by atoms with Crippen molar-refractivity contribution in [1.29, 1.82) is 0 Å². The van der Waals surface area contributed by atoms with Crippen LogP contribution in [-0.4, -0.2) is 9.97 Å². The first-order valence-electron chi connectivity index (χ1n) is 6.03. The van der Waals surface area contributed by atoms with Gasteiger partial charge in [0, 0.05) is 10.0 Å². The van der Waals surface area contributed by atoms with Crippen molar-refractivity contribution in [1.82, 2.24) is 9.97 Å². The smallest absolute Gasteiger partial charge is 0.138 e. The molecule has 0 aliphatic heterocycles. The van der Waals surface area contributed by atoms with Crippen LogP contribution in [0.25, 0.3) is 0 Å². The number of nitrogens with zero attached hydrogens (tertiary/aromatic N) is 2. The normalized spacial score (nSPS) is 10.8. The second-order valence-corrected chi connectivity index (χ2v) is 5.79. The molecule has 0 radical (unpaired) electrons. The van der Waals surface area contributed by atoms with E-state index in [9.17, 15) is 0 Å². The van der Waals surface area contributed by atoms with Gasteiger partial charge >= 0.3 is 0 Å². The highest BCUT2D eigenvalue weighted by atomic mass is 79.9. The van der Waals surface area contributed by atoms with Crippen molar-refractivity contribution >= 4 is 39.0 Å². The molecule has 0 aliphatic rings. The van der Waals surface area contributed by atoms with Gasteiger partial charge in [-0.15, -0.1) is 0 Å². The van der Waals surface area contributed by atoms with Crippen LogP contribution in [0.15, 0.2) is 29.0 Å². The highest BCUT2D eigenvalue weighted by Crippen LogP contribution is 2.33. The second-order valence-electron chi connectivity index (χ2n) is 4.64. The lowest BCUT2D eigenvalue weighted by molar-refractivity contribution is 0.850. The molecule has 1 N–H and O–H groups in total. The first-order valence-corrected chi connectivity index (χ1v) is 7.20. The Bertz CT molecular complexity index is 599. The molecule has 5 heteroatoms. The minimum atomic E-state index is 0.250. The summed E-state index contributed by atoms with van der Waals surface area (Å²) in [6.45, 7) is 6.19. The summed E-state index contributed by atoms with van der Waals surface area (Å²) in [5, 5.41) is 3.82. The SMILES string of the molecule is Cc1cccc(Nc2ncnc(Cl)c2C(C)C)c1Br. The van der Waals surface area contributed by atoms with Crippen LogP contribution in [0.2, 0.25) is 5.15 Å². The Morgan fingerprint density at radius 3 is 2.68 bits per heavy atom. The molecule has 0 bridgehead atoms. The predicted molar refractivity (Wildman–Crippen MR) is 83.3 cm³/mol. The molecule has 0 amide bonds. The zero-order valence-corrected chi connectivity index (χ0v) is 13.4. The third-order valence-electron chi connectivity index (χ3n) is 2.86. The Balaban J connectivity index is 2.44. The van der Waals surface area contributed by atoms with Gasteiger partial charge in [0.15, 0.2) is 0 Å². The summed E-state index contributed by atoms with van der Waals surface area (Å²) in [5.41, 5.74) is 3.06. The molecule has 1 heterocycles. The summed E-state index contributed by atoms with van der Waals surface area (Å²) in [6, 6.07) is 6.04. The average Bonchev–Trinajstić information content (AvgIpc) is 2.34. The number of halogens is 2. The predicted octanol–water partition coefficient (Wildman–Crippen LogP) is 5.07. The lowest BCUT2D eigenvalue weighted by atomic mass is 10.1. The van der Waals surface area contributed by atoms with E-state index in [4.69, 9.17) is 11.6 Å². The van der Waals surface area contributed by atoms with Gasteiger partial charge in [-0.25, -0.2) is 9.97 Å². The van der Waals surface area contributed by atoms with Crippen LogP contribution < -0.4 is 5.32 Å². The first kappa shape index (κ1) is 14.3. The molecular formula is C14H15BrClN3. The number of hydrogen-bond donors (Lipinski definition) is 1. The number of aromatic nitrogens is 2. The standard InChI is InChI=1S/C14H15BrClN3/c1-8(2)11-13(16)17-7-18-14(11)19-10-6-4-5-9(3)12(10)15/h4-8H,1-3H3,(H,17,18,19). The van der Waals surface area contributed by atoms with Gasteiger partial charge in [0.05, 0.1) is 5.69 Å². The highest BCUT2D eigenvalue weighted by molar-refractivity contribution is 9.10. The molecule has 0 saturated carbocycles. The van der Waals surface area contributed by atoms with Crippen LogP contribution in [0.4, 0.5) is 11.5 Å². The zero-order valence-electron chi connectivity index (χ0n) is 11.0. The fourth-order valence-electron chi connectivity index (χ4n) is 1.86. The van der Waals surface area contributed by atoms with Gasteiger partial charge in [-0.1, -0.05) is 37.6 Å². The summed E-state index contributed by atoms with van der Waals surface area (Å²) in [6.07, 6.45) is 1.47. The number of rotatable bonds is 3. The minimum absolute atomic E-state index is 0.250. The number of aryl methyl sites for hydroxylation is 1. The molecule has 0 atom stereocenters. The van der Waals surface area contributed by atoms with E-state index in [1.165, 1.54) is 6.33 Å².